The Kier molecular flexibility index (Phi) is 5.24. The monoisotopic (exact) mass is 257 g/mol. The molecule has 0 N–H and O–H groups in total. The molecule has 1 aromatic carbocycles. The quantitative estimate of drug-likeness (QED) is 0.428. The molecule has 19 heavy (non-hydrogen) atoms. The third-order valence-corrected chi connectivity index (χ3v) is 2.73. The van der Waals surface area contributed by atoms with E-state index in [1.165, 1.54) is 6.08 Å². The van der Waals surface area contributed by atoms with Crippen LogP contribution in [-0.2, 0) is 4.79 Å². The molecule has 0 aliphatic rings. The highest BCUT2D eigenvalue weighted by Crippen LogP contribution is 2.21. The summed E-state index contributed by atoms with van der Waals surface area (Å²) in [6, 6.07) is 7.33. The Morgan fingerprint density at radius 3 is 2.53 bits per heavy atom. The maximum Gasteiger partial charge on any atom is 0.187 e. The number of Topliss-reactive ketones (excluding diaryl/α,β-unsaturated/α-hetero) is 1. The average molecular weight is 257 g/mol. The van der Waals surface area contributed by atoms with Crippen molar-refractivity contribution in [1.82, 2.24) is 0 Å². The number of hydrogen-bond donors (Lipinski definition) is 0. The molecule has 0 atom stereocenters. The van der Waals surface area contributed by atoms with E-state index in [2.05, 4.69) is 13.2 Å². The lowest BCUT2D eigenvalue weighted by Crippen LogP contribution is -2.22. The van der Waals surface area contributed by atoms with Crippen LogP contribution in [0.15, 0.2) is 49.1 Å². The Balaban J connectivity index is 2.90. The molecule has 0 aliphatic carbocycles. The van der Waals surface area contributed by atoms with Gasteiger partial charge in [-0.2, -0.15) is 0 Å². The van der Waals surface area contributed by atoms with Crippen molar-refractivity contribution in [2.75, 3.05) is 18.5 Å². The molecule has 0 aromatic heterocycles. The number of likely N-dealkylation sites (N-methyl/N-ethyl adjacent to an activating group) is 1. The lowest BCUT2D eigenvalue weighted by atomic mass is 10.1. The van der Waals surface area contributed by atoms with Crippen LogP contribution < -0.4 is 4.90 Å². The number of carbonyl (C=O) groups excluding carboxylic acids is 2. The number of anilines is 1. The van der Waals surface area contributed by atoms with Gasteiger partial charge >= 0.3 is 0 Å². The molecule has 3 nitrogen and oxygen atoms in total. The molecule has 1 rings (SSSR count). The van der Waals surface area contributed by atoms with E-state index < -0.39 is 0 Å². The highest BCUT2D eigenvalue weighted by atomic mass is 16.1. The zero-order valence-corrected chi connectivity index (χ0v) is 11.5. The fourth-order valence-electron chi connectivity index (χ4n) is 1.95. The molecule has 0 fully saturated rings. The first-order chi connectivity index (χ1) is 8.95. The standard InChI is InChI=1S/C16H19NO2/c1-5-16(19)14-8-6-7-9-15(14)17(4)11-12(2)10-13(3)18/h5-9H,1-2,10-11H2,3-4H3. The van der Waals surface area contributed by atoms with Crippen molar-refractivity contribution in [2.24, 2.45) is 0 Å². The van der Waals surface area contributed by atoms with Crippen LogP contribution in [0.1, 0.15) is 23.7 Å². The molecular formula is C16H19NO2. The molecule has 0 spiro atoms. The number of para-hydroxylation sites is 1. The average Bonchev–Trinajstić information content (AvgIpc) is 2.36. The number of carbonyl (C=O) groups is 2. The molecule has 0 saturated carbocycles. The van der Waals surface area contributed by atoms with Crippen LogP contribution in [0.25, 0.3) is 0 Å². The molecule has 0 radical (unpaired) electrons. The topological polar surface area (TPSA) is 37.4 Å². The molecule has 0 saturated heterocycles. The highest BCUT2D eigenvalue weighted by molar-refractivity contribution is 6.08. The number of allylic oxidation sites excluding steroid dienone is 1. The smallest absolute Gasteiger partial charge is 0.187 e. The summed E-state index contributed by atoms with van der Waals surface area (Å²) in [4.78, 5) is 24.7. The maximum absolute atomic E-state index is 11.8. The first-order valence-electron chi connectivity index (χ1n) is 6.08. The van der Waals surface area contributed by atoms with Gasteiger partial charge in [0.2, 0.25) is 0 Å². The van der Waals surface area contributed by atoms with Gasteiger partial charge in [0.1, 0.15) is 5.78 Å². The van der Waals surface area contributed by atoms with Gasteiger partial charge in [-0.05, 0) is 25.1 Å². The molecule has 1 aromatic rings. The number of rotatable bonds is 7. The molecule has 0 bridgehead atoms. The van der Waals surface area contributed by atoms with Gasteiger partial charge in [-0.15, -0.1) is 0 Å². The Labute approximate surface area is 114 Å². The van der Waals surface area contributed by atoms with Crippen molar-refractivity contribution in [3.63, 3.8) is 0 Å². The van der Waals surface area contributed by atoms with Crippen LogP contribution in [0.5, 0.6) is 0 Å². The normalized spacial score (nSPS) is 9.79. The lowest BCUT2D eigenvalue weighted by molar-refractivity contribution is -0.116. The van der Waals surface area contributed by atoms with Gasteiger partial charge in [-0.3, -0.25) is 9.59 Å². The van der Waals surface area contributed by atoms with E-state index in [4.69, 9.17) is 0 Å². The second-order valence-electron chi connectivity index (χ2n) is 4.57. The summed E-state index contributed by atoms with van der Waals surface area (Å²) in [5.74, 6) is -0.0199. The van der Waals surface area contributed by atoms with Crippen molar-refractivity contribution in [2.45, 2.75) is 13.3 Å². The van der Waals surface area contributed by atoms with Crippen LogP contribution >= 0.6 is 0 Å². The van der Waals surface area contributed by atoms with E-state index in [9.17, 15) is 9.59 Å². The van der Waals surface area contributed by atoms with Crippen molar-refractivity contribution >= 4 is 17.3 Å². The second-order valence-corrected chi connectivity index (χ2v) is 4.57. The Bertz CT molecular complexity index is 517. The van der Waals surface area contributed by atoms with E-state index in [1.54, 1.807) is 13.0 Å². The minimum atomic E-state index is -0.111. The van der Waals surface area contributed by atoms with Crippen molar-refractivity contribution < 1.29 is 9.59 Å². The number of benzene rings is 1. The van der Waals surface area contributed by atoms with Crippen LogP contribution in [0.2, 0.25) is 0 Å². The minimum absolute atomic E-state index is 0.0915. The van der Waals surface area contributed by atoms with E-state index in [0.717, 1.165) is 11.3 Å². The molecular weight excluding hydrogens is 238 g/mol. The SMILES string of the molecule is C=CC(=O)c1ccccc1N(C)CC(=C)CC(C)=O. The van der Waals surface area contributed by atoms with Crippen molar-refractivity contribution in [1.29, 1.82) is 0 Å². The van der Waals surface area contributed by atoms with Gasteiger partial charge in [0.15, 0.2) is 5.78 Å². The summed E-state index contributed by atoms with van der Waals surface area (Å²) < 4.78 is 0. The first-order valence-corrected chi connectivity index (χ1v) is 6.08. The van der Waals surface area contributed by atoms with Gasteiger partial charge in [0.05, 0.1) is 0 Å². The second kappa shape index (κ2) is 6.69. The zero-order valence-electron chi connectivity index (χ0n) is 11.5. The third kappa shape index (κ3) is 4.21. The predicted molar refractivity (Wildman–Crippen MR) is 78.7 cm³/mol. The van der Waals surface area contributed by atoms with Crippen LogP contribution in [0.4, 0.5) is 5.69 Å². The van der Waals surface area contributed by atoms with Gasteiger partial charge in [0, 0.05) is 31.3 Å². The minimum Gasteiger partial charge on any atom is -0.370 e. The van der Waals surface area contributed by atoms with Crippen molar-refractivity contribution in [3.8, 4) is 0 Å². The van der Waals surface area contributed by atoms with Gasteiger partial charge in [0.25, 0.3) is 0 Å². The van der Waals surface area contributed by atoms with Crippen molar-refractivity contribution in [3.05, 3.63) is 54.6 Å². The summed E-state index contributed by atoms with van der Waals surface area (Å²) in [5.41, 5.74) is 2.25. The first kappa shape index (κ1) is 14.9. The number of hydrogen-bond acceptors (Lipinski definition) is 3. The van der Waals surface area contributed by atoms with E-state index >= 15 is 0 Å². The van der Waals surface area contributed by atoms with Crippen LogP contribution in [0, 0.1) is 0 Å². The molecule has 0 amide bonds. The number of nitrogens with zero attached hydrogens (tertiary/aromatic N) is 1. The Morgan fingerprint density at radius 2 is 1.95 bits per heavy atom. The molecule has 0 heterocycles. The summed E-state index contributed by atoms with van der Waals surface area (Å²) >= 11 is 0. The molecule has 3 heteroatoms. The van der Waals surface area contributed by atoms with E-state index in [-0.39, 0.29) is 11.6 Å². The fraction of sp³-hybridized carbons (Fsp3) is 0.250. The van der Waals surface area contributed by atoms with Crippen LogP contribution in [0.3, 0.4) is 0 Å². The fourth-order valence-corrected chi connectivity index (χ4v) is 1.95. The molecule has 0 aliphatic heterocycles. The number of ketones is 2. The van der Waals surface area contributed by atoms with E-state index in [0.29, 0.717) is 18.5 Å². The van der Waals surface area contributed by atoms with Gasteiger partial charge in [-0.25, -0.2) is 0 Å². The third-order valence-electron chi connectivity index (χ3n) is 2.73. The Morgan fingerprint density at radius 1 is 1.32 bits per heavy atom. The van der Waals surface area contributed by atoms with Gasteiger partial charge in [-0.1, -0.05) is 30.9 Å². The van der Waals surface area contributed by atoms with Gasteiger partial charge < -0.3 is 4.90 Å². The van der Waals surface area contributed by atoms with E-state index in [1.807, 2.05) is 30.1 Å². The summed E-state index contributed by atoms with van der Waals surface area (Å²) in [6.45, 7) is 9.48. The largest absolute Gasteiger partial charge is 0.370 e. The highest BCUT2D eigenvalue weighted by Gasteiger charge is 2.12. The lowest BCUT2D eigenvalue weighted by Gasteiger charge is -2.22. The van der Waals surface area contributed by atoms with Crippen LogP contribution in [-0.4, -0.2) is 25.2 Å². The Hall–Kier alpha value is -2.16. The summed E-state index contributed by atoms with van der Waals surface area (Å²) in [5, 5.41) is 0. The predicted octanol–water partition coefficient (Wildman–Crippen LogP) is 3.03. The summed E-state index contributed by atoms with van der Waals surface area (Å²) in [7, 11) is 1.88. The molecule has 0 unspecified atom stereocenters. The zero-order chi connectivity index (χ0) is 14.4. The molecule has 100 valence electrons. The summed E-state index contributed by atoms with van der Waals surface area (Å²) in [6.07, 6.45) is 1.67. The maximum atomic E-state index is 11.8.